The summed E-state index contributed by atoms with van der Waals surface area (Å²) in [6, 6.07) is 0.278. The van der Waals surface area contributed by atoms with Crippen LogP contribution in [0.3, 0.4) is 0 Å². The lowest BCUT2D eigenvalue weighted by Gasteiger charge is -2.14. The molecule has 0 fully saturated rings. The molecule has 1 rings (SSSR count). The van der Waals surface area contributed by atoms with E-state index in [9.17, 15) is 13.2 Å². The minimum Gasteiger partial charge on any atom is -0.372 e. The molecule has 1 atom stereocenters. The van der Waals surface area contributed by atoms with Gasteiger partial charge in [0.2, 0.25) is 0 Å². The fourth-order valence-electron chi connectivity index (χ4n) is 2.01. The Labute approximate surface area is 123 Å². The van der Waals surface area contributed by atoms with Crippen molar-refractivity contribution in [2.75, 3.05) is 19.8 Å². The SMILES string of the molecule is CCCNC(CC)c1cnn(CCCOCC(F)(F)F)c1. The molecule has 0 aliphatic heterocycles. The van der Waals surface area contributed by atoms with E-state index in [1.807, 2.05) is 12.4 Å². The first kappa shape index (κ1) is 18.0. The first-order valence-electron chi connectivity index (χ1n) is 7.36. The lowest BCUT2D eigenvalue weighted by molar-refractivity contribution is -0.174. The standard InChI is InChI=1S/C14H24F3N3O/c1-3-6-18-13(4-2)12-9-19-20(10-12)7-5-8-21-11-14(15,16)17/h9-10,13,18H,3-8,11H2,1-2H3. The maximum Gasteiger partial charge on any atom is 0.411 e. The predicted octanol–water partition coefficient (Wildman–Crippen LogP) is 3.30. The summed E-state index contributed by atoms with van der Waals surface area (Å²) in [7, 11) is 0. The van der Waals surface area contributed by atoms with Crippen molar-refractivity contribution < 1.29 is 17.9 Å². The lowest BCUT2D eigenvalue weighted by atomic mass is 10.1. The Bertz CT molecular complexity index is 393. The molecule has 1 N–H and O–H groups in total. The second-order valence-corrected chi connectivity index (χ2v) is 4.97. The second kappa shape index (κ2) is 9.04. The van der Waals surface area contributed by atoms with E-state index in [1.54, 1.807) is 4.68 Å². The number of halogens is 3. The monoisotopic (exact) mass is 307 g/mol. The van der Waals surface area contributed by atoms with E-state index >= 15 is 0 Å². The summed E-state index contributed by atoms with van der Waals surface area (Å²) in [5, 5.41) is 7.68. The van der Waals surface area contributed by atoms with Gasteiger partial charge in [-0.1, -0.05) is 13.8 Å². The van der Waals surface area contributed by atoms with E-state index in [0.717, 1.165) is 24.9 Å². The Hall–Kier alpha value is -1.08. The first-order valence-corrected chi connectivity index (χ1v) is 7.36. The van der Waals surface area contributed by atoms with Crippen LogP contribution in [0.2, 0.25) is 0 Å². The van der Waals surface area contributed by atoms with Crippen molar-refractivity contribution in [2.45, 2.75) is 51.9 Å². The Morgan fingerprint density at radius 1 is 1.38 bits per heavy atom. The fourth-order valence-corrected chi connectivity index (χ4v) is 2.01. The number of ether oxygens (including phenoxy) is 1. The third-order valence-corrected chi connectivity index (χ3v) is 3.05. The summed E-state index contributed by atoms with van der Waals surface area (Å²) >= 11 is 0. The van der Waals surface area contributed by atoms with Gasteiger partial charge in [0.1, 0.15) is 6.61 Å². The minimum absolute atomic E-state index is 0.0833. The van der Waals surface area contributed by atoms with Crippen LogP contribution in [0.4, 0.5) is 13.2 Å². The number of aryl methyl sites for hydroxylation is 1. The van der Waals surface area contributed by atoms with Gasteiger partial charge in [-0.3, -0.25) is 4.68 Å². The van der Waals surface area contributed by atoms with E-state index in [0.29, 0.717) is 13.0 Å². The molecule has 0 aliphatic rings. The maximum atomic E-state index is 11.9. The normalized spacial score (nSPS) is 13.6. The molecular formula is C14H24F3N3O. The van der Waals surface area contributed by atoms with Crippen LogP contribution in [0.5, 0.6) is 0 Å². The molecule has 7 heteroatoms. The van der Waals surface area contributed by atoms with Crippen molar-refractivity contribution in [3.8, 4) is 0 Å². The van der Waals surface area contributed by atoms with Crippen molar-refractivity contribution in [2.24, 2.45) is 0 Å². The van der Waals surface area contributed by atoms with Gasteiger partial charge in [-0.05, 0) is 25.8 Å². The van der Waals surface area contributed by atoms with Crippen LogP contribution in [-0.4, -0.2) is 35.7 Å². The van der Waals surface area contributed by atoms with Crippen LogP contribution in [0.25, 0.3) is 0 Å². The molecule has 0 bridgehead atoms. The summed E-state index contributed by atoms with van der Waals surface area (Å²) in [5.41, 5.74) is 1.11. The molecule has 1 aromatic heterocycles. The Morgan fingerprint density at radius 3 is 2.76 bits per heavy atom. The quantitative estimate of drug-likeness (QED) is 0.674. The van der Waals surface area contributed by atoms with Gasteiger partial charge in [0.05, 0.1) is 6.20 Å². The third-order valence-electron chi connectivity index (χ3n) is 3.05. The first-order chi connectivity index (χ1) is 9.96. The highest BCUT2D eigenvalue weighted by Crippen LogP contribution is 2.16. The molecule has 1 heterocycles. The zero-order valence-electron chi connectivity index (χ0n) is 12.6. The van der Waals surface area contributed by atoms with Crippen LogP contribution < -0.4 is 5.32 Å². The van der Waals surface area contributed by atoms with E-state index in [4.69, 9.17) is 0 Å². The molecule has 0 amide bonds. The number of nitrogens with zero attached hydrogens (tertiary/aromatic N) is 2. The van der Waals surface area contributed by atoms with Crippen LogP contribution in [-0.2, 0) is 11.3 Å². The Balaban J connectivity index is 2.31. The highest BCUT2D eigenvalue weighted by Gasteiger charge is 2.27. The van der Waals surface area contributed by atoms with E-state index in [-0.39, 0.29) is 12.6 Å². The average Bonchev–Trinajstić information content (AvgIpc) is 2.87. The van der Waals surface area contributed by atoms with Crippen molar-refractivity contribution in [3.63, 3.8) is 0 Å². The van der Waals surface area contributed by atoms with Gasteiger partial charge in [-0.15, -0.1) is 0 Å². The highest BCUT2D eigenvalue weighted by atomic mass is 19.4. The number of hydrogen-bond donors (Lipinski definition) is 1. The molecule has 0 saturated carbocycles. The largest absolute Gasteiger partial charge is 0.411 e. The van der Waals surface area contributed by atoms with E-state index < -0.39 is 12.8 Å². The van der Waals surface area contributed by atoms with Crippen molar-refractivity contribution in [1.29, 1.82) is 0 Å². The Morgan fingerprint density at radius 2 is 2.14 bits per heavy atom. The molecule has 0 aliphatic carbocycles. The van der Waals surface area contributed by atoms with Crippen LogP contribution >= 0.6 is 0 Å². The van der Waals surface area contributed by atoms with Gasteiger partial charge in [0.15, 0.2) is 0 Å². The molecule has 4 nitrogen and oxygen atoms in total. The maximum absolute atomic E-state index is 11.9. The topological polar surface area (TPSA) is 39.1 Å². The van der Waals surface area contributed by atoms with Gasteiger partial charge in [-0.25, -0.2) is 0 Å². The smallest absolute Gasteiger partial charge is 0.372 e. The molecular weight excluding hydrogens is 283 g/mol. The van der Waals surface area contributed by atoms with Crippen LogP contribution in [0, 0.1) is 0 Å². The number of rotatable bonds is 10. The number of alkyl halides is 3. The molecule has 1 unspecified atom stereocenters. The average molecular weight is 307 g/mol. The summed E-state index contributed by atoms with van der Waals surface area (Å²) in [6.45, 7) is 4.63. The van der Waals surface area contributed by atoms with Gasteiger partial charge in [0.25, 0.3) is 0 Å². The van der Waals surface area contributed by atoms with Gasteiger partial charge >= 0.3 is 6.18 Å². The molecule has 122 valence electrons. The molecule has 0 saturated heterocycles. The fraction of sp³-hybridized carbons (Fsp3) is 0.786. The molecule has 0 spiro atoms. The van der Waals surface area contributed by atoms with Gasteiger partial charge in [-0.2, -0.15) is 18.3 Å². The zero-order valence-corrected chi connectivity index (χ0v) is 12.6. The van der Waals surface area contributed by atoms with Crippen LogP contribution in [0.15, 0.2) is 12.4 Å². The zero-order chi connectivity index (χ0) is 15.7. The van der Waals surface area contributed by atoms with Crippen molar-refractivity contribution in [1.82, 2.24) is 15.1 Å². The molecule has 0 radical (unpaired) electrons. The summed E-state index contributed by atoms with van der Waals surface area (Å²) in [6.07, 6.45) is 2.06. The van der Waals surface area contributed by atoms with Crippen molar-refractivity contribution in [3.05, 3.63) is 18.0 Å². The molecule has 1 aromatic rings. The lowest BCUT2D eigenvalue weighted by Crippen LogP contribution is -2.21. The van der Waals surface area contributed by atoms with Crippen molar-refractivity contribution >= 4 is 0 Å². The number of nitrogens with one attached hydrogen (secondary N) is 1. The summed E-state index contributed by atoms with van der Waals surface area (Å²) in [4.78, 5) is 0. The molecule has 21 heavy (non-hydrogen) atoms. The van der Waals surface area contributed by atoms with Crippen LogP contribution in [0.1, 0.15) is 44.7 Å². The summed E-state index contributed by atoms with van der Waals surface area (Å²) in [5.74, 6) is 0. The minimum atomic E-state index is -4.25. The van der Waals surface area contributed by atoms with Gasteiger partial charge in [0, 0.05) is 31.0 Å². The highest BCUT2D eigenvalue weighted by molar-refractivity contribution is 5.10. The summed E-state index contributed by atoms with van der Waals surface area (Å²) < 4.78 is 42.0. The Kier molecular flexibility index (Phi) is 7.74. The van der Waals surface area contributed by atoms with Gasteiger partial charge < -0.3 is 10.1 Å². The molecule has 0 aromatic carbocycles. The van der Waals surface area contributed by atoms with E-state index in [2.05, 4.69) is 29.0 Å². The number of aromatic nitrogens is 2. The third kappa shape index (κ3) is 7.47. The predicted molar refractivity (Wildman–Crippen MR) is 75.0 cm³/mol. The second-order valence-electron chi connectivity index (χ2n) is 4.97. The number of hydrogen-bond acceptors (Lipinski definition) is 3. The van der Waals surface area contributed by atoms with E-state index in [1.165, 1.54) is 0 Å².